The average molecular weight is 532 g/mol. The molecule has 0 unspecified atom stereocenters. The fourth-order valence-electron chi connectivity index (χ4n) is 4.01. The van der Waals surface area contributed by atoms with Crippen molar-refractivity contribution in [3.05, 3.63) is 64.7 Å². The summed E-state index contributed by atoms with van der Waals surface area (Å²) in [6.45, 7) is 7.60. The van der Waals surface area contributed by atoms with Gasteiger partial charge in [-0.2, -0.15) is 0 Å². The Balaban J connectivity index is 2.25. The van der Waals surface area contributed by atoms with Crippen LogP contribution in [0.2, 0.25) is 5.02 Å². The van der Waals surface area contributed by atoms with Crippen LogP contribution in [0.5, 0.6) is 5.75 Å². The van der Waals surface area contributed by atoms with E-state index < -0.39 is 35.8 Å². The molecular formula is C28H38ClN3O5. The highest BCUT2D eigenvalue weighted by molar-refractivity contribution is 6.31. The van der Waals surface area contributed by atoms with Gasteiger partial charge in [0.15, 0.2) is 0 Å². The molecule has 0 heterocycles. The van der Waals surface area contributed by atoms with Crippen LogP contribution < -0.4 is 16.0 Å². The Morgan fingerprint density at radius 3 is 2.05 bits per heavy atom. The molecule has 0 radical (unpaired) electrons. The lowest BCUT2D eigenvalue weighted by Crippen LogP contribution is -2.56. The summed E-state index contributed by atoms with van der Waals surface area (Å²) in [4.78, 5) is 39.5. The van der Waals surface area contributed by atoms with Crippen LogP contribution in [0.1, 0.15) is 56.5 Å². The predicted molar refractivity (Wildman–Crippen MR) is 144 cm³/mol. The first-order valence-corrected chi connectivity index (χ1v) is 12.9. The number of phenolic OH excluding ortho intramolecular Hbond substituents is 1. The highest BCUT2D eigenvalue weighted by Crippen LogP contribution is 2.22. The molecule has 5 N–H and O–H groups in total. The Kier molecular flexibility index (Phi) is 11.9. The molecule has 0 saturated carbocycles. The van der Waals surface area contributed by atoms with E-state index in [1.54, 1.807) is 0 Å². The number of benzene rings is 2. The summed E-state index contributed by atoms with van der Waals surface area (Å²) in [5.41, 5.74) is 0.799. The van der Waals surface area contributed by atoms with Crippen molar-refractivity contribution in [3.8, 4) is 5.75 Å². The minimum Gasteiger partial charge on any atom is -0.507 e. The molecule has 0 aliphatic rings. The summed E-state index contributed by atoms with van der Waals surface area (Å²) < 4.78 is 0. The summed E-state index contributed by atoms with van der Waals surface area (Å²) in [7, 11) is 0. The molecule has 0 aliphatic heterocycles. The Hall–Kier alpha value is -3.10. The molecule has 0 bridgehead atoms. The summed E-state index contributed by atoms with van der Waals surface area (Å²) >= 11 is 5.98. The van der Waals surface area contributed by atoms with E-state index >= 15 is 0 Å². The van der Waals surface area contributed by atoms with E-state index in [4.69, 9.17) is 11.6 Å². The van der Waals surface area contributed by atoms with Crippen molar-refractivity contribution in [2.45, 2.75) is 65.1 Å². The molecule has 0 aliphatic carbocycles. The maximum atomic E-state index is 13.4. The van der Waals surface area contributed by atoms with Crippen LogP contribution in [-0.2, 0) is 16.0 Å². The van der Waals surface area contributed by atoms with Crippen molar-refractivity contribution in [1.82, 2.24) is 16.0 Å². The first-order chi connectivity index (χ1) is 17.5. The monoisotopic (exact) mass is 531 g/mol. The van der Waals surface area contributed by atoms with Crippen LogP contribution >= 0.6 is 11.6 Å². The fraction of sp³-hybridized carbons (Fsp3) is 0.464. The van der Waals surface area contributed by atoms with Gasteiger partial charge in [-0.15, -0.1) is 0 Å². The first kappa shape index (κ1) is 30.1. The molecule has 9 heteroatoms. The van der Waals surface area contributed by atoms with E-state index in [1.807, 2.05) is 58.0 Å². The Labute approximate surface area is 223 Å². The van der Waals surface area contributed by atoms with Gasteiger partial charge in [-0.25, -0.2) is 0 Å². The summed E-state index contributed by atoms with van der Waals surface area (Å²) in [5, 5.41) is 28.4. The van der Waals surface area contributed by atoms with Gasteiger partial charge in [0.1, 0.15) is 17.8 Å². The zero-order valence-electron chi connectivity index (χ0n) is 21.8. The molecule has 2 rings (SSSR count). The number of nitrogens with one attached hydrogen (secondary N) is 3. The average Bonchev–Trinajstić information content (AvgIpc) is 2.84. The number of hydrogen-bond acceptors (Lipinski definition) is 5. The van der Waals surface area contributed by atoms with Crippen LogP contribution in [0.3, 0.4) is 0 Å². The minimum absolute atomic E-state index is 0.0490. The number of amides is 3. The number of aliphatic hydroxyl groups excluding tert-OH is 1. The molecule has 8 nitrogen and oxygen atoms in total. The Bertz CT molecular complexity index is 1050. The lowest BCUT2D eigenvalue weighted by atomic mass is 10.00. The van der Waals surface area contributed by atoms with Crippen molar-refractivity contribution in [1.29, 1.82) is 0 Å². The number of halogens is 1. The number of aliphatic hydroxyl groups is 1. The van der Waals surface area contributed by atoms with Crippen LogP contribution in [0.15, 0.2) is 48.5 Å². The van der Waals surface area contributed by atoms with Crippen molar-refractivity contribution in [2.75, 3.05) is 6.61 Å². The second kappa shape index (κ2) is 14.6. The van der Waals surface area contributed by atoms with Crippen molar-refractivity contribution >= 4 is 29.3 Å². The molecule has 3 amide bonds. The van der Waals surface area contributed by atoms with Gasteiger partial charge >= 0.3 is 0 Å². The normalized spacial score (nSPS) is 13.6. The standard InChI is InChI=1S/C28H38ClN3O5/c1-17(2)12-21(16-33)30-27(36)24(14-19-8-6-5-7-9-19)32-28(37)23(13-18(3)4)31-26(35)22-15-20(29)10-11-25(22)34/h5-11,15,17-18,21,23-24,33-34H,12-14,16H2,1-4H3,(H,30,36)(H,31,35)(H,32,37)/t21-,23-,24-/m0/s1. The third-order valence-corrected chi connectivity index (χ3v) is 6.01. The van der Waals surface area contributed by atoms with Crippen molar-refractivity contribution < 1.29 is 24.6 Å². The lowest BCUT2D eigenvalue weighted by molar-refractivity contribution is -0.130. The second-order valence-electron chi connectivity index (χ2n) is 10.1. The fourth-order valence-corrected chi connectivity index (χ4v) is 4.18. The first-order valence-electron chi connectivity index (χ1n) is 12.5. The molecule has 2 aromatic carbocycles. The minimum atomic E-state index is -0.957. The summed E-state index contributed by atoms with van der Waals surface area (Å²) in [6, 6.07) is 11.0. The van der Waals surface area contributed by atoms with Gasteiger partial charge in [-0.05, 0) is 48.4 Å². The van der Waals surface area contributed by atoms with Crippen LogP contribution in [0.4, 0.5) is 0 Å². The van der Waals surface area contributed by atoms with E-state index in [-0.39, 0.29) is 41.2 Å². The van der Waals surface area contributed by atoms with Crippen molar-refractivity contribution in [3.63, 3.8) is 0 Å². The summed E-state index contributed by atoms with van der Waals surface area (Å²) in [6.07, 6.45) is 1.13. The van der Waals surface area contributed by atoms with E-state index in [0.717, 1.165) is 5.56 Å². The van der Waals surface area contributed by atoms with Crippen LogP contribution in [0.25, 0.3) is 0 Å². The van der Waals surface area contributed by atoms with Gasteiger partial charge in [0.25, 0.3) is 5.91 Å². The van der Waals surface area contributed by atoms with Gasteiger partial charge < -0.3 is 26.2 Å². The maximum absolute atomic E-state index is 13.4. The van der Waals surface area contributed by atoms with E-state index in [1.165, 1.54) is 18.2 Å². The predicted octanol–water partition coefficient (Wildman–Crippen LogP) is 3.44. The number of hydrogen-bond donors (Lipinski definition) is 5. The van der Waals surface area contributed by atoms with Gasteiger partial charge in [0.2, 0.25) is 11.8 Å². The molecule has 202 valence electrons. The van der Waals surface area contributed by atoms with Crippen LogP contribution in [0, 0.1) is 11.8 Å². The number of rotatable bonds is 13. The second-order valence-corrected chi connectivity index (χ2v) is 10.5. The molecule has 0 fully saturated rings. The van der Waals surface area contributed by atoms with Crippen LogP contribution in [-0.4, -0.2) is 52.7 Å². The zero-order chi connectivity index (χ0) is 27.5. The van der Waals surface area contributed by atoms with Crippen molar-refractivity contribution in [2.24, 2.45) is 11.8 Å². The SMILES string of the molecule is CC(C)C[C@@H](CO)NC(=O)[C@H](Cc1ccccc1)NC(=O)[C@H](CC(C)C)NC(=O)c1cc(Cl)ccc1O. The van der Waals surface area contributed by atoms with Gasteiger partial charge in [0, 0.05) is 11.4 Å². The third kappa shape index (κ3) is 10.1. The number of phenols is 1. The molecule has 2 aromatic rings. The van der Waals surface area contributed by atoms with E-state index in [2.05, 4.69) is 16.0 Å². The third-order valence-electron chi connectivity index (χ3n) is 5.77. The Morgan fingerprint density at radius 1 is 0.838 bits per heavy atom. The molecule has 3 atom stereocenters. The number of carbonyl (C=O) groups is 3. The largest absolute Gasteiger partial charge is 0.507 e. The van der Waals surface area contributed by atoms with Gasteiger partial charge in [-0.3, -0.25) is 14.4 Å². The lowest BCUT2D eigenvalue weighted by Gasteiger charge is -2.26. The summed E-state index contributed by atoms with van der Waals surface area (Å²) in [5.74, 6) is -1.54. The molecule has 0 spiro atoms. The molecule has 0 saturated heterocycles. The molecule has 37 heavy (non-hydrogen) atoms. The highest BCUT2D eigenvalue weighted by atomic mass is 35.5. The Morgan fingerprint density at radius 2 is 1.46 bits per heavy atom. The molecular weight excluding hydrogens is 494 g/mol. The molecule has 0 aromatic heterocycles. The highest BCUT2D eigenvalue weighted by Gasteiger charge is 2.29. The van der Waals surface area contributed by atoms with E-state index in [9.17, 15) is 24.6 Å². The number of aromatic hydroxyl groups is 1. The zero-order valence-corrected chi connectivity index (χ0v) is 22.6. The topological polar surface area (TPSA) is 128 Å². The smallest absolute Gasteiger partial charge is 0.255 e. The quantitative estimate of drug-likeness (QED) is 0.270. The van der Waals surface area contributed by atoms with E-state index in [0.29, 0.717) is 12.8 Å². The van der Waals surface area contributed by atoms with Gasteiger partial charge in [-0.1, -0.05) is 69.6 Å². The number of carbonyl (C=O) groups excluding carboxylic acids is 3. The maximum Gasteiger partial charge on any atom is 0.255 e. The van der Waals surface area contributed by atoms with Gasteiger partial charge in [0.05, 0.1) is 18.2 Å².